The molecule has 6 heteroatoms. The number of oxime groups is 1. The summed E-state index contributed by atoms with van der Waals surface area (Å²) in [5.41, 5.74) is 1.88. The van der Waals surface area contributed by atoms with Crippen molar-refractivity contribution in [1.29, 1.82) is 0 Å². The van der Waals surface area contributed by atoms with Gasteiger partial charge in [0, 0.05) is 36.4 Å². The number of piperidine rings is 1. The minimum absolute atomic E-state index is 0.326. The average molecular weight is 352 g/mol. The first-order valence-corrected chi connectivity index (χ1v) is 8.96. The number of carbonyl (C=O) groups excluding carboxylic acids is 2. The fourth-order valence-corrected chi connectivity index (χ4v) is 3.92. The third kappa shape index (κ3) is 3.25. The summed E-state index contributed by atoms with van der Waals surface area (Å²) in [5, 5.41) is 5.04. The number of thiophene rings is 1. The molecule has 1 fully saturated rings. The molecule has 0 spiro atoms. The average Bonchev–Trinajstić information content (AvgIpc) is 3.24. The second-order valence-corrected chi connectivity index (χ2v) is 7.04. The minimum Gasteiger partial charge on any atom is -0.363 e. The van der Waals surface area contributed by atoms with Gasteiger partial charge in [-0.15, -0.1) is 11.3 Å². The number of rotatable bonds is 3. The number of ketones is 1. The maximum absolute atomic E-state index is 12.1. The van der Waals surface area contributed by atoms with E-state index in [1.54, 1.807) is 11.3 Å². The standard InChI is InChI=1S/C19H16N2O3S/c22-14-8-10-21(11-9-14)17-7-6-15(25-17)12-16-18(20-24-19(16)23)13-4-2-1-3-5-13/h1-7,12H,8-11H2/b16-12+. The van der Waals surface area contributed by atoms with Crippen LogP contribution in [0.5, 0.6) is 0 Å². The Bertz CT molecular complexity index is 873. The molecule has 2 aliphatic heterocycles. The van der Waals surface area contributed by atoms with Crippen LogP contribution in [0.4, 0.5) is 5.00 Å². The molecule has 2 aromatic rings. The number of carbonyl (C=O) groups is 2. The maximum atomic E-state index is 12.1. The first-order valence-electron chi connectivity index (χ1n) is 8.14. The van der Waals surface area contributed by atoms with Crippen molar-refractivity contribution in [2.45, 2.75) is 12.8 Å². The molecule has 1 aromatic carbocycles. The van der Waals surface area contributed by atoms with E-state index in [1.807, 2.05) is 48.5 Å². The minimum atomic E-state index is -0.433. The van der Waals surface area contributed by atoms with Crippen molar-refractivity contribution in [2.24, 2.45) is 5.16 Å². The Morgan fingerprint density at radius 1 is 1.04 bits per heavy atom. The quantitative estimate of drug-likeness (QED) is 0.628. The molecule has 0 N–H and O–H groups in total. The zero-order valence-electron chi connectivity index (χ0n) is 13.5. The summed E-state index contributed by atoms with van der Waals surface area (Å²) in [7, 11) is 0. The van der Waals surface area contributed by atoms with Crippen molar-refractivity contribution in [3.8, 4) is 0 Å². The number of hydrogen-bond donors (Lipinski definition) is 0. The molecule has 0 amide bonds. The van der Waals surface area contributed by atoms with E-state index < -0.39 is 5.97 Å². The SMILES string of the molecule is O=C1CCN(c2ccc(/C=C3/C(=O)ON=C3c3ccccc3)s2)CC1. The molecule has 1 saturated heterocycles. The molecule has 0 radical (unpaired) electrons. The van der Waals surface area contributed by atoms with Crippen molar-refractivity contribution in [3.63, 3.8) is 0 Å². The molecule has 1 aromatic heterocycles. The highest BCUT2D eigenvalue weighted by Crippen LogP contribution is 2.30. The van der Waals surface area contributed by atoms with Crippen LogP contribution in [0.3, 0.4) is 0 Å². The first kappa shape index (κ1) is 15.8. The Morgan fingerprint density at radius 2 is 1.80 bits per heavy atom. The van der Waals surface area contributed by atoms with Gasteiger partial charge in [0.05, 0.1) is 10.6 Å². The Morgan fingerprint density at radius 3 is 2.56 bits per heavy atom. The summed E-state index contributed by atoms with van der Waals surface area (Å²) in [5.74, 6) is -0.107. The Balaban J connectivity index is 1.59. The molecule has 0 aliphatic carbocycles. The fourth-order valence-electron chi connectivity index (χ4n) is 2.92. The fraction of sp³-hybridized carbons (Fsp3) is 0.211. The van der Waals surface area contributed by atoms with Gasteiger partial charge in [-0.1, -0.05) is 35.5 Å². The van der Waals surface area contributed by atoms with Crippen LogP contribution in [-0.4, -0.2) is 30.6 Å². The Kier molecular flexibility index (Phi) is 4.19. The van der Waals surface area contributed by atoms with Gasteiger partial charge in [0.1, 0.15) is 11.5 Å². The van der Waals surface area contributed by atoms with Crippen LogP contribution < -0.4 is 4.90 Å². The van der Waals surface area contributed by atoms with Gasteiger partial charge in [-0.2, -0.15) is 0 Å². The van der Waals surface area contributed by atoms with Gasteiger partial charge in [-0.25, -0.2) is 4.79 Å². The van der Waals surface area contributed by atoms with Gasteiger partial charge in [-0.05, 0) is 18.2 Å². The number of benzene rings is 1. The number of anilines is 1. The number of hydrogen-bond acceptors (Lipinski definition) is 6. The molecule has 5 nitrogen and oxygen atoms in total. The van der Waals surface area contributed by atoms with Crippen molar-refractivity contribution < 1.29 is 14.4 Å². The summed E-state index contributed by atoms with van der Waals surface area (Å²) in [4.78, 5) is 31.5. The highest BCUT2D eigenvalue weighted by atomic mass is 32.1. The van der Waals surface area contributed by atoms with E-state index in [0.717, 1.165) is 28.5 Å². The lowest BCUT2D eigenvalue weighted by Gasteiger charge is -2.26. The molecular formula is C19H16N2O3S. The second-order valence-electron chi connectivity index (χ2n) is 5.94. The van der Waals surface area contributed by atoms with Crippen LogP contribution in [0.15, 0.2) is 53.2 Å². The lowest BCUT2D eigenvalue weighted by molar-refractivity contribution is -0.136. The van der Waals surface area contributed by atoms with Crippen LogP contribution in [0.1, 0.15) is 23.3 Å². The first-order chi connectivity index (χ1) is 12.2. The summed E-state index contributed by atoms with van der Waals surface area (Å²) < 4.78 is 0. The van der Waals surface area contributed by atoms with E-state index in [0.29, 0.717) is 29.9 Å². The summed E-state index contributed by atoms with van der Waals surface area (Å²) in [6.07, 6.45) is 3.03. The summed E-state index contributed by atoms with van der Waals surface area (Å²) in [6, 6.07) is 13.5. The highest BCUT2D eigenvalue weighted by molar-refractivity contribution is 7.17. The van der Waals surface area contributed by atoms with E-state index >= 15 is 0 Å². The lowest BCUT2D eigenvalue weighted by Crippen LogP contribution is -2.32. The molecule has 0 saturated carbocycles. The molecule has 3 heterocycles. The zero-order valence-corrected chi connectivity index (χ0v) is 14.3. The largest absolute Gasteiger partial charge is 0.368 e. The highest BCUT2D eigenvalue weighted by Gasteiger charge is 2.27. The molecule has 0 bridgehead atoms. The maximum Gasteiger partial charge on any atom is 0.368 e. The van der Waals surface area contributed by atoms with E-state index in [-0.39, 0.29) is 0 Å². The Labute approximate surface area is 149 Å². The van der Waals surface area contributed by atoms with Crippen LogP contribution in [0.2, 0.25) is 0 Å². The van der Waals surface area contributed by atoms with Crippen molar-refractivity contribution in [1.82, 2.24) is 0 Å². The van der Waals surface area contributed by atoms with Gasteiger partial charge in [0.15, 0.2) is 0 Å². The van der Waals surface area contributed by atoms with Crippen molar-refractivity contribution in [2.75, 3.05) is 18.0 Å². The molecule has 4 rings (SSSR count). The number of Topliss-reactive ketones (excluding diaryl/α,β-unsaturated/α-hetero) is 1. The molecule has 25 heavy (non-hydrogen) atoms. The molecule has 0 unspecified atom stereocenters. The normalized spacial score (nSPS) is 19.3. The van der Waals surface area contributed by atoms with E-state index in [1.165, 1.54) is 0 Å². The van der Waals surface area contributed by atoms with Crippen LogP contribution in [0.25, 0.3) is 6.08 Å². The molecule has 126 valence electrons. The number of nitrogens with zero attached hydrogens (tertiary/aromatic N) is 2. The lowest BCUT2D eigenvalue weighted by atomic mass is 10.0. The summed E-state index contributed by atoms with van der Waals surface area (Å²) >= 11 is 1.60. The van der Waals surface area contributed by atoms with E-state index in [4.69, 9.17) is 4.84 Å². The van der Waals surface area contributed by atoms with Gasteiger partial charge < -0.3 is 9.74 Å². The zero-order chi connectivity index (χ0) is 17.2. The predicted octanol–water partition coefficient (Wildman–Crippen LogP) is 3.26. The van der Waals surface area contributed by atoms with Gasteiger partial charge >= 0.3 is 5.97 Å². The predicted molar refractivity (Wildman–Crippen MR) is 97.8 cm³/mol. The Hall–Kier alpha value is -2.73. The van der Waals surface area contributed by atoms with E-state index in [9.17, 15) is 9.59 Å². The third-order valence-electron chi connectivity index (χ3n) is 4.27. The molecular weight excluding hydrogens is 336 g/mol. The molecule has 2 aliphatic rings. The second kappa shape index (κ2) is 6.64. The van der Waals surface area contributed by atoms with Crippen LogP contribution >= 0.6 is 11.3 Å². The topological polar surface area (TPSA) is 59.0 Å². The third-order valence-corrected chi connectivity index (χ3v) is 5.37. The van der Waals surface area contributed by atoms with Crippen molar-refractivity contribution in [3.05, 3.63) is 58.5 Å². The monoisotopic (exact) mass is 352 g/mol. The smallest absolute Gasteiger partial charge is 0.363 e. The van der Waals surface area contributed by atoms with Gasteiger partial charge in [0.2, 0.25) is 0 Å². The van der Waals surface area contributed by atoms with E-state index in [2.05, 4.69) is 10.1 Å². The van der Waals surface area contributed by atoms with Gasteiger partial charge in [0.25, 0.3) is 0 Å². The summed E-state index contributed by atoms with van der Waals surface area (Å²) in [6.45, 7) is 1.52. The van der Waals surface area contributed by atoms with Crippen LogP contribution in [-0.2, 0) is 14.4 Å². The molecule has 0 atom stereocenters. The van der Waals surface area contributed by atoms with Crippen LogP contribution in [0, 0.1) is 0 Å². The van der Waals surface area contributed by atoms with Gasteiger partial charge in [-0.3, -0.25) is 4.79 Å². The van der Waals surface area contributed by atoms with Crippen molar-refractivity contribution >= 4 is 39.9 Å².